The maximum atomic E-state index is 12.9. The van der Waals surface area contributed by atoms with Crippen molar-refractivity contribution in [2.45, 2.75) is 75.9 Å². The smallest absolute Gasteiger partial charge is 0.341 e. The Labute approximate surface area is 266 Å². The number of hydrogen-bond acceptors (Lipinski definition) is 10. The average Bonchev–Trinajstić information content (AvgIpc) is 3.53. The standard InChI is InChI=1S/C32H48N2O10S/c1-7-9-15-34(36)32(35)33-14-10-11-17-42-28-20-23(21-29(45(6,37)38)31(28)43-16-8-2)25-13-12-24(44-25)22-18-26(39-3)30(41-5)27(19-22)40-4/h18-21,24-25,36H,7-17H2,1-6H3,(H,33,35)/t24-,25-/m0/s1. The molecule has 0 aromatic heterocycles. The first kappa shape index (κ1) is 36.1. The Kier molecular flexibility index (Phi) is 13.9. The van der Waals surface area contributed by atoms with Crippen LogP contribution in [-0.4, -0.2) is 78.6 Å². The average molecular weight is 653 g/mol. The molecule has 0 saturated carbocycles. The normalized spacial score (nSPS) is 16.2. The van der Waals surface area contributed by atoms with Gasteiger partial charge in [0.05, 0.1) is 53.3 Å². The number of amides is 2. The zero-order valence-electron chi connectivity index (χ0n) is 27.2. The molecule has 0 spiro atoms. The van der Waals surface area contributed by atoms with Crippen LogP contribution in [0.25, 0.3) is 0 Å². The highest BCUT2D eigenvalue weighted by atomic mass is 32.2. The Morgan fingerprint density at radius 1 is 0.867 bits per heavy atom. The van der Waals surface area contributed by atoms with Crippen molar-refractivity contribution in [2.24, 2.45) is 0 Å². The number of nitrogens with one attached hydrogen (secondary N) is 1. The number of sulfone groups is 1. The Bertz CT molecular complexity index is 1340. The number of benzene rings is 2. The van der Waals surface area contributed by atoms with Crippen molar-refractivity contribution in [3.63, 3.8) is 0 Å². The van der Waals surface area contributed by atoms with Crippen LogP contribution in [0.4, 0.5) is 4.79 Å². The fourth-order valence-electron chi connectivity index (χ4n) is 5.03. The van der Waals surface area contributed by atoms with Crippen LogP contribution in [0, 0.1) is 0 Å². The van der Waals surface area contributed by atoms with Gasteiger partial charge in [0.1, 0.15) is 4.90 Å². The highest BCUT2D eigenvalue weighted by Crippen LogP contribution is 2.48. The summed E-state index contributed by atoms with van der Waals surface area (Å²) in [6.45, 7) is 5.14. The van der Waals surface area contributed by atoms with Crippen molar-refractivity contribution in [3.05, 3.63) is 35.4 Å². The van der Waals surface area contributed by atoms with Gasteiger partial charge in [0.15, 0.2) is 32.8 Å². The Morgan fingerprint density at radius 2 is 1.49 bits per heavy atom. The molecule has 3 rings (SSSR count). The molecule has 13 heteroatoms. The first-order chi connectivity index (χ1) is 21.6. The summed E-state index contributed by atoms with van der Waals surface area (Å²) < 4.78 is 60.8. The van der Waals surface area contributed by atoms with E-state index in [1.54, 1.807) is 33.5 Å². The lowest BCUT2D eigenvalue weighted by molar-refractivity contribution is -0.0437. The molecule has 0 aliphatic carbocycles. The van der Waals surface area contributed by atoms with Crippen molar-refractivity contribution in [1.82, 2.24) is 10.4 Å². The molecule has 252 valence electrons. The number of unbranched alkanes of at least 4 members (excludes halogenated alkanes) is 2. The maximum Gasteiger partial charge on any atom is 0.341 e. The molecule has 1 heterocycles. The molecule has 2 aromatic rings. The van der Waals surface area contributed by atoms with Gasteiger partial charge in [-0.3, -0.25) is 5.21 Å². The summed E-state index contributed by atoms with van der Waals surface area (Å²) in [4.78, 5) is 12.0. The predicted octanol–water partition coefficient (Wildman–Crippen LogP) is 5.86. The lowest BCUT2D eigenvalue weighted by Gasteiger charge is -2.21. The SMILES string of the molecule is CCCCN(O)C(=O)NCCCCOc1cc([C@@H]2CC[C@@H](c3cc(OC)c(OC)c(OC)c3)O2)cc(S(C)(=O)=O)c1OCCC. The number of methoxy groups -OCH3 is 3. The third-order valence-corrected chi connectivity index (χ3v) is 8.51. The van der Waals surface area contributed by atoms with Crippen molar-refractivity contribution < 1.29 is 46.8 Å². The largest absolute Gasteiger partial charge is 0.493 e. The molecule has 45 heavy (non-hydrogen) atoms. The minimum absolute atomic E-state index is 0.0469. The number of hydrogen-bond donors (Lipinski definition) is 2. The molecule has 0 unspecified atom stereocenters. The quantitative estimate of drug-likeness (QED) is 0.114. The number of hydroxylamine groups is 2. The van der Waals surface area contributed by atoms with Crippen LogP contribution in [0.15, 0.2) is 29.2 Å². The molecule has 12 nitrogen and oxygen atoms in total. The fourth-order valence-corrected chi connectivity index (χ4v) is 5.88. The topological polar surface area (TPSA) is 142 Å². The number of urea groups is 1. The van der Waals surface area contributed by atoms with Crippen LogP contribution in [0.3, 0.4) is 0 Å². The summed E-state index contributed by atoms with van der Waals surface area (Å²) >= 11 is 0. The van der Waals surface area contributed by atoms with E-state index < -0.39 is 15.9 Å². The van der Waals surface area contributed by atoms with Crippen LogP contribution >= 0.6 is 0 Å². The van der Waals surface area contributed by atoms with Gasteiger partial charge in [-0.25, -0.2) is 18.3 Å². The molecular formula is C32H48N2O10S. The van der Waals surface area contributed by atoms with E-state index in [4.69, 9.17) is 28.4 Å². The second-order valence-electron chi connectivity index (χ2n) is 10.9. The van der Waals surface area contributed by atoms with Crippen LogP contribution in [0.1, 0.15) is 82.1 Å². The van der Waals surface area contributed by atoms with Crippen molar-refractivity contribution in [2.75, 3.05) is 53.9 Å². The van der Waals surface area contributed by atoms with E-state index in [2.05, 4.69) is 5.32 Å². The molecule has 2 N–H and O–H groups in total. The molecule has 1 aliphatic rings. The third-order valence-electron chi connectivity index (χ3n) is 7.41. The number of ether oxygens (including phenoxy) is 6. The lowest BCUT2D eigenvalue weighted by Crippen LogP contribution is -2.38. The summed E-state index contributed by atoms with van der Waals surface area (Å²) in [5, 5.41) is 13.1. The summed E-state index contributed by atoms with van der Waals surface area (Å²) in [6, 6.07) is 6.59. The fraction of sp³-hybridized carbons (Fsp3) is 0.594. The minimum atomic E-state index is -3.68. The molecule has 0 radical (unpaired) electrons. The van der Waals surface area contributed by atoms with Gasteiger partial charge in [0.2, 0.25) is 5.75 Å². The van der Waals surface area contributed by atoms with E-state index in [1.165, 1.54) is 0 Å². The third kappa shape index (κ3) is 9.78. The number of carbonyl (C=O) groups excluding carboxylic acids is 1. The Hall–Kier alpha value is -3.42. The van der Waals surface area contributed by atoms with Crippen molar-refractivity contribution in [3.8, 4) is 28.7 Å². The van der Waals surface area contributed by atoms with E-state index >= 15 is 0 Å². The van der Waals surface area contributed by atoms with E-state index in [0.717, 1.165) is 18.2 Å². The van der Waals surface area contributed by atoms with Gasteiger partial charge < -0.3 is 33.7 Å². The van der Waals surface area contributed by atoms with Gasteiger partial charge in [-0.1, -0.05) is 20.3 Å². The molecule has 0 bridgehead atoms. The molecule has 2 amide bonds. The van der Waals surface area contributed by atoms with Gasteiger partial charge in [-0.05, 0) is 73.9 Å². The highest BCUT2D eigenvalue weighted by Gasteiger charge is 2.32. The van der Waals surface area contributed by atoms with Gasteiger partial charge >= 0.3 is 6.03 Å². The first-order valence-corrected chi connectivity index (χ1v) is 17.3. The predicted molar refractivity (Wildman–Crippen MR) is 169 cm³/mol. The molecule has 1 saturated heterocycles. The lowest BCUT2D eigenvalue weighted by atomic mass is 10.0. The number of carbonyl (C=O) groups is 1. The van der Waals surface area contributed by atoms with Gasteiger partial charge in [-0.2, -0.15) is 0 Å². The summed E-state index contributed by atoms with van der Waals surface area (Å²) in [5.41, 5.74) is 1.53. The summed E-state index contributed by atoms with van der Waals surface area (Å²) in [5.74, 6) is 2.05. The second kappa shape index (κ2) is 17.3. The van der Waals surface area contributed by atoms with E-state index in [1.807, 2.05) is 26.0 Å². The zero-order chi connectivity index (χ0) is 33.0. The van der Waals surface area contributed by atoms with Crippen LogP contribution in [-0.2, 0) is 14.6 Å². The Morgan fingerprint density at radius 3 is 2.04 bits per heavy atom. The van der Waals surface area contributed by atoms with Crippen LogP contribution < -0.4 is 29.0 Å². The number of rotatable bonds is 18. The maximum absolute atomic E-state index is 12.9. The van der Waals surface area contributed by atoms with Crippen molar-refractivity contribution in [1.29, 1.82) is 0 Å². The molecule has 2 atom stereocenters. The Balaban J connectivity index is 1.78. The van der Waals surface area contributed by atoms with Gasteiger partial charge in [-0.15, -0.1) is 0 Å². The minimum Gasteiger partial charge on any atom is -0.493 e. The number of nitrogens with zero attached hydrogens (tertiary/aromatic N) is 1. The first-order valence-electron chi connectivity index (χ1n) is 15.4. The molecular weight excluding hydrogens is 604 g/mol. The summed E-state index contributed by atoms with van der Waals surface area (Å²) in [6.07, 6.45) is 5.27. The second-order valence-corrected chi connectivity index (χ2v) is 12.9. The highest BCUT2D eigenvalue weighted by molar-refractivity contribution is 7.90. The van der Waals surface area contributed by atoms with Crippen LogP contribution in [0.2, 0.25) is 0 Å². The van der Waals surface area contributed by atoms with Gasteiger partial charge in [0, 0.05) is 12.8 Å². The molecule has 1 aliphatic heterocycles. The van der Waals surface area contributed by atoms with Gasteiger partial charge in [0.25, 0.3) is 0 Å². The molecule has 2 aromatic carbocycles. The van der Waals surface area contributed by atoms with Crippen LogP contribution in [0.5, 0.6) is 28.7 Å². The van der Waals surface area contributed by atoms with E-state index in [0.29, 0.717) is 85.3 Å². The monoisotopic (exact) mass is 652 g/mol. The zero-order valence-corrected chi connectivity index (χ0v) is 28.0. The van der Waals surface area contributed by atoms with E-state index in [9.17, 15) is 18.4 Å². The summed E-state index contributed by atoms with van der Waals surface area (Å²) in [7, 11) is 0.988. The van der Waals surface area contributed by atoms with Crippen molar-refractivity contribution >= 4 is 15.9 Å². The molecule has 1 fully saturated rings. The van der Waals surface area contributed by atoms with E-state index in [-0.39, 0.29) is 36.0 Å².